The number of sulfonamides is 3. The summed E-state index contributed by atoms with van der Waals surface area (Å²) in [6, 6.07) is 35.6. The van der Waals surface area contributed by atoms with Crippen LogP contribution in [0.3, 0.4) is 0 Å². The smallest absolute Gasteiger partial charge is 0.264 e. The van der Waals surface area contributed by atoms with Gasteiger partial charge in [0.1, 0.15) is 17.2 Å². The van der Waals surface area contributed by atoms with Gasteiger partial charge in [-0.15, -0.1) is 0 Å². The van der Waals surface area contributed by atoms with Crippen molar-refractivity contribution in [1.82, 2.24) is 28.9 Å². The number of likely N-dealkylation sites (N-methyl/N-ethyl adjacent to an activating group) is 3. The zero-order valence-corrected chi connectivity index (χ0v) is 92.5. The van der Waals surface area contributed by atoms with Crippen molar-refractivity contribution >= 4 is 99.7 Å². The minimum atomic E-state index is -3.87. The largest absolute Gasteiger partial charge is 0.490 e. The quantitative estimate of drug-likeness (QED) is 0.134. The van der Waals surface area contributed by atoms with E-state index in [1.54, 1.807) is 18.2 Å². The minimum absolute atomic E-state index is 0.107. The number of carbonyl (C=O) groups is 3. The molecule has 6 bridgehead atoms. The van der Waals surface area contributed by atoms with Gasteiger partial charge >= 0.3 is 0 Å². The molecule has 33 heteroatoms. The van der Waals surface area contributed by atoms with Crippen LogP contribution in [0, 0.1) is 76.9 Å². The summed E-state index contributed by atoms with van der Waals surface area (Å²) in [4.78, 5) is 54.3. The molecule has 15 aliphatic rings. The van der Waals surface area contributed by atoms with Gasteiger partial charge in [0.15, 0.2) is 18.9 Å². The Kier molecular flexibility index (Phi) is 33.5. The number of aryl methyl sites for hydroxylation is 3. The van der Waals surface area contributed by atoms with E-state index in [0.717, 1.165) is 230 Å². The van der Waals surface area contributed by atoms with Crippen molar-refractivity contribution in [2.45, 2.75) is 247 Å². The van der Waals surface area contributed by atoms with Crippen LogP contribution in [-0.4, -0.2) is 252 Å². The molecule has 9 aliphatic heterocycles. The Bertz CT molecular complexity index is 5820. The Labute approximate surface area is 887 Å². The first-order valence-electron chi connectivity index (χ1n) is 54.7. The lowest BCUT2D eigenvalue weighted by atomic mass is 9.64. The van der Waals surface area contributed by atoms with Crippen LogP contribution < -0.4 is 43.1 Å². The average molecular weight is 2140 g/mol. The first-order chi connectivity index (χ1) is 70.4. The van der Waals surface area contributed by atoms with Crippen LogP contribution in [-0.2, 0) is 94.0 Å². The van der Waals surface area contributed by atoms with E-state index in [9.17, 15) is 39.6 Å². The van der Waals surface area contributed by atoms with Crippen LogP contribution in [0.4, 0.5) is 17.1 Å². The molecule has 6 aromatic carbocycles. The van der Waals surface area contributed by atoms with E-state index in [1.165, 1.54) is 33.4 Å². The number of amides is 3. The van der Waals surface area contributed by atoms with Gasteiger partial charge in [-0.1, -0.05) is 100 Å². The van der Waals surface area contributed by atoms with E-state index in [4.69, 9.17) is 77.4 Å². The van der Waals surface area contributed by atoms with Crippen LogP contribution in [0.5, 0.6) is 17.2 Å². The number of carbonyl (C=O) groups excluding carboxylic acids is 3. The van der Waals surface area contributed by atoms with Gasteiger partial charge in [0.25, 0.3) is 17.7 Å². The number of anilines is 3. The third-order valence-electron chi connectivity index (χ3n) is 37.1. The standard InChI is InChI=1S/3C38H52ClN3O6S/c2*1-24-7-11-32(37-46-19-30(20-47-37)41(3)4)31-12-8-28(31)18-42-22-38(15-5-6-26-16-29(39)10-13-33(26)38)23-48-35-14-9-27(17-34(35)42)36(43)40-49(44,45)21-25(24)2;1-4-30-9-5-6-10-32(37-46-21-29(22-47-37)41(2)3)31-14-11-27(31)20-42-23-38(17-7-8-25-18-28(39)13-15-33(25)38)24-48-35-16-12-26(19-34(35)42)36(43)40-49(30,44)45/h2*9-10,13-14,16-17,24-25,28,30-32,37H,5-8,11-12,15,18-23H2,1-4H3,(H,40,43);12-13,15-16,18-19,27,29-32,37H,4-11,14,17,20-24H2,1-3H3,(H,40,43)/t24-,25+,28+,30?,31-,32+,37?,38+;24-,25+,28+,30?,31-,32-,37?,38+;27-,29?,30+,31+,32-,37?,38-/m110/s1. The number of hydrogen-bond acceptors (Lipinski definition) is 24. The minimum Gasteiger partial charge on any atom is -0.490 e. The average Bonchev–Trinajstić information content (AvgIpc) is 1.48. The number of hydrogen-bond donors (Lipinski definition) is 3. The molecule has 0 radical (unpaired) electrons. The van der Waals surface area contributed by atoms with Crippen LogP contribution in [0.1, 0.15) is 234 Å². The molecule has 147 heavy (non-hydrogen) atoms. The summed E-state index contributed by atoms with van der Waals surface area (Å²) in [6.45, 7) is 20.1. The monoisotopic (exact) mass is 2140 g/mol. The summed E-state index contributed by atoms with van der Waals surface area (Å²) in [5.41, 5.74) is 10.5. The van der Waals surface area contributed by atoms with E-state index in [2.05, 4.69) is 136 Å². The lowest BCUT2D eigenvalue weighted by Gasteiger charge is -2.49. The van der Waals surface area contributed by atoms with Crippen LogP contribution in [0.2, 0.25) is 15.1 Å². The van der Waals surface area contributed by atoms with Crippen molar-refractivity contribution in [1.29, 1.82) is 0 Å². The molecule has 9 heterocycles. The molecule has 3 saturated carbocycles. The lowest BCUT2D eigenvalue weighted by Crippen LogP contribution is -2.52. The van der Waals surface area contributed by atoms with Gasteiger partial charge in [-0.25, -0.2) is 39.4 Å². The molecule has 3 N–H and O–H groups in total. The summed E-state index contributed by atoms with van der Waals surface area (Å²) in [5.74, 6) is 3.36. The Morgan fingerprint density at radius 2 is 0.667 bits per heavy atom. The fourth-order valence-corrected chi connectivity index (χ4v) is 32.2. The predicted octanol–water partition coefficient (Wildman–Crippen LogP) is 17.9. The first kappa shape index (κ1) is 108. The highest BCUT2D eigenvalue weighted by molar-refractivity contribution is 7.91. The SMILES string of the molecule is CC[C@@H]1CCCC[C@H](C2OCC(N(C)C)CO2)[C@@H]2CC[C@H]2CN2C[C@@]3(CCCc4cc(Cl)ccc43)COc3ccc(cc32)C(=O)NS1(=O)=O.C[C@@H]1CC[C@@H](C2OCC(N(C)C)CO2)[C@@H]2CC[C@H]2CN2C[C@@]3(CCCc4cc(Cl)ccc43)COc3ccc(cc32)C(=O)NS(=O)(=O)C[C@@H]1C.C[C@@H]1CC[C@H](C2OCC(N(C)C)CO2)[C@@H]2CC[C@H]2CN2C[C@@]3(CCCc4cc(Cl)ccc43)COc3ccc(cc32)C(=O)NS(=O)(=O)C[C@@H]1C. The maximum atomic E-state index is 13.6. The molecule has 6 aliphatic carbocycles. The van der Waals surface area contributed by atoms with Gasteiger partial charge in [0, 0.05) is 105 Å². The second kappa shape index (κ2) is 45.5. The molecule has 0 unspecified atom stereocenters. The fraction of sp³-hybridized carbons (Fsp3) is 0.658. The van der Waals surface area contributed by atoms with Gasteiger partial charge in [0.05, 0.1) is 111 Å². The Balaban J connectivity index is 0.000000139. The molecule has 3 spiro atoms. The highest BCUT2D eigenvalue weighted by Crippen LogP contribution is 2.56. The molecule has 3 amide bonds. The van der Waals surface area contributed by atoms with E-state index >= 15 is 0 Å². The highest BCUT2D eigenvalue weighted by atomic mass is 35.5. The summed E-state index contributed by atoms with van der Waals surface area (Å²) in [5, 5.41) is 1.62. The normalized spacial score (nSPS) is 34.4. The van der Waals surface area contributed by atoms with Crippen molar-refractivity contribution < 1.29 is 82.3 Å². The molecule has 6 aromatic rings. The number of rotatable bonds is 7. The third-order valence-corrected chi connectivity index (χ3v) is 42.6. The van der Waals surface area contributed by atoms with Crippen molar-refractivity contribution in [3.8, 4) is 17.2 Å². The fourth-order valence-electron chi connectivity index (χ4n) is 27.2. The zero-order valence-electron chi connectivity index (χ0n) is 87.8. The van der Waals surface area contributed by atoms with Crippen molar-refractivity contribution in [3.63, 3.8) is 0 Å². The summed E-state index contributed by atoms with van der Waals surface area (Å²) < 4.78 is 146. The highest BCUT2D eigenvalue weighted by Gasteiger charge is 2.53. The van der Waals surface area contributed by atoms with E-state index in [-0.39, 0.29) is 106 Å². The van der Waals surface area contributed by atoms with E-state index in [0.29, 0.717) is 125 Å². The van der Waals surface area contributed by atoms with Crippen LogP contribution in [0.25, 0.3) is 0 Å². The van der Waals surface area contributed by atoms with Crippen molar-refractivity contribution in [2.24, 2.45) is 76.9 Å². The second-order valence-corrected chi connectivity index (χ2v) is 53.9. The summed E-state index contributed by atoms with van der Waals surface area (Å²) in [6.07, 6.45) is 22.0. The van der Waals surface area contributed by atoms with Gasteiger partial charge in [-0.05, 0) is 367 Å². The van der Waals surface area contributed by atoms with Gasteiger partial charge in [-0.2, -0.15) is 0 Å². The topological polar surface area (TPSA) is 292 Å². The molecule has 27 nitrogen and oxygen atoms in total. The van der Waals surface area contributed by atoms with Crippen molar-refractivity contribution in [2.75, 3.05) is 167 Å². The van der Waals surface area contributed by atoms with Gasteiger partial charge in [0.2, 0.25) is 30.1 Å². The van der Waals surface area contributed by atoms with E-state index < -0.39 is 53.0 Å². The maximum Gasteiger partial charge on any atom is 0.264 e. The van der Waals surface area contributed by atoms with Crippen LogP contribution in [0.15, 0.2) is 109 Å². The Morgan fingerprint density at radius 1 is 0.361 bits per heavy atom. The second-order valence-electron chi connectivity index (χ2n) is 47.1. The maximum absolute atomic E-state index is 13.6. The van der Waals surface area contributed by atoms with Crippen LogP contribution >= 0.6 is 34.8 Å². The number of halogens is 3. The zero-order chi connectivity index (χ0) is 103. The molecule has 0 aromatic heterocycles. The Morgan fingerprint density at radius 3 is 0.973 bits per heavy atom. The number of nitrogens with zero attached hydrogens (tertiary/aromatic N) is 6. The summed E-state index contributed by atoms with van der Waals surface area (Å²) in [7, 11) is 0.790. The molecule has 17 atom stereocenters. The van der Waals surface area contributed by atoms with Gasteiger partial charge in [-0.3, -0.25) is 14.4 Å². The first-order valence-corrected chi connectivity index (χ1v) is 60.6. The summed E-state index contributed by atoms with van der Waals surface area (Å²) >= 11 is 19.4. The lowest BCUT2D eigenvalue weighted by molar-refractivity contribution is -0.241. The predicted molar refractivity (Wildman–Crippen MR) is 576 cm³/mol. The third kappa shape index (κ3) is 23.9. The van der Waals surface area contributed by atoms with Crippen molar-refractivity contribution in [3.05, 3.63) is 174 Å². The molecule has 804 valence electrons. The number of fused-ring (bicyclic) bond motifs is 12. The molecule has 6 fully saturated rings. The molecular weight excluding hydrogens is 1990 g/mol. The Hall–Kier alpha value is -7.11. The number of ether oxygens (including phenoxy) is 9. The molecule has 21 rings (SSSR count). The molecule has 3 saturated heterocycles. The molecular formula is C114H156Cl3N9O18S3. The number of benzene rings is 6. The van der Waals surface area contributed by atoms with Gasteiger partial charge < -0.3 is 72.0 Å². The number of nitrogens with one attached hydrogen (secondary N) is 3. The van der Waals surface area contributed by atoms with E-state index in [1.807, 2.05) is 75.4 Å².